The first kappa shape index (κ1) is 16.7. The molecule has 1 N–H and O–H groups in total. The molecule has 1 atom stereocenters. The second kappa shape index (κ2) is 8.11. The number of carbonyl (C=O) groups excluding carboxylic acids is 1. The smallest absolute Gasteiger partial charge is 0.251 e. The summed E-state index contributed by atoms with van der Waals surface area (Å²) in [6.45, 7) is 5.47. The number of hydrogen-bond donors (Lipinski definition) is 1. The minimum atomic E-state index is -0.00146. The first-order valence-electron chi connectivity index (χ1n) is 8.93. The Kier molecular flexibility index (Phi) is 5.65. The van der Waals surface area contributed by atoms with Gasteiger partial charge in [0, 0.05) is 12.1 Å². The second-order valence-corrected chi connectivity index (χ2v) is 6.53. The molecule has 2 aromatic rings. The molecule has 0 saturated carbocycles. The van der Waals surface area contributed by atoms with Crippen LogP contribution in [0.15, 0.2) is 54.6 Å². The van der Waals surface area contributed by atoms with E-state index in [0.717, 1.165) is 24.1 Å². The van der Waals surface area contributed by atoms with Crippen LogP contribution in [0.25, 0.3) is 0 Å². The quantitative estimate of drug-likeness (QED) is 0.866. The van der Waals surface area contributed by atoms with Crippen LogP contribution in [0.1, 0.15) is 53.7 Å². The standard InChI is InChI=1S/C21H26N2O/c1-2-20(18-8-4-3-5-9-18)22-21(24)19-12-10-17(11-13-19)16-23-14-6-7-15-23/h3-5,8-13,20H,2,6-7,14-16H2,1H3,(H,22,24)/t20-/m1/s1. The predicted molar refractivity (Wildman–Crippen MR) is 97.9 cm³/mol. The lowest BCUT2D eigenvalue weighted by atomic mass is 10.0. The Morgan fingerprint density at radius 1 is 1.04 bits per heavy atom. The van der Waals surface area contributed by atoms with E-state index in [1.54, 1.807) is 0 Å². The molecule has 2 aromatic carbocycles. The summed E-state index contributed by atoms with van der Waals surface area (Å²) in [6, 6.07) is 18.3. The topological polar surface area (TPSA) is 32.3 Å². The van der Waals surface area contributed by atoms with Crippen molar-refractivity contribution < 1.29 is 4.79 Å². The molecule has 1 amide bonds. The van der Waals surface area contributed by atoms with Gasteiger partial charge in [-0.25, -0.2) is 0 Å². The molecule has 0 aromatic heterocycles. The molecular weight excluding hydrogens is 296 g/mol. The molecule has 3 rings (SSSR count). The van der Waals surface area contributed by atoms with E-state index in [2.05, 4.69) is 41.4 Å². The van der Waals surface area contributed by atoms with Gasteiger partial charge in [-0.3, -0.25) is 9.69 Å². The van der Waals surface area contributed by atoms with Crippen LogP contribution in [-0.2, 0) is 6.54 Å². The van der Waals surface area contributed by atoms with Crippen LogP contribution < -0.4 is 5.32 Å². The van der Waals surface area contributed by atoms with Gasteiger partial charge in [-0.1, -0.05) is 49.4 Å². The molecule has 0 unspecified atom stereocenters. The number of carbonyl (C=O) groups is 1. The van der Waals surface area contributed by atoms with Gasteiger partial charge < -0.3 is 5.32 Å². The van der Waals surface area contributed by atoms with Crippen molar-refractivity contribution in [2.24, 2.45) is 0 Å². The van der Waals surface area contributed by atoms with Crippen molar-refractivity contribution in [1.82, 2.24) is 10.2 Å². The van der Waals surface area contributed by atoms with E-state index in [-0.39, 0.29) is 11.9 Å². The first-order chi connectivity index (χ1) is 11.8. The second-order valence-electron chi connectivity index (χ2n) is 6.53. The molecule has 24 heavy (non-hydrogen) atoms. The summed E-state index contributed by atoms with van der Waals surface area (Å²) in [5.74, 6) is -0.00146. The minimum Gasteiger partial charge on any atom is -0.345 e. The van der Waals surface area contributed by atoms with Gasteiger partial charge in [-0.05, 0) is 55.6 Å². The van der Waals surface area contributed by atoms with Crippen LogP contribution >= 0.6 is 0 Å². The van der Waals surface area contributed by atoms with E-state index in [4.69, 9.17) is 0 Å². The maximum atomic E-state index is 12.5. The SMILES string of the molecule is CC[C@@H](NC(=O)c1ccc(CN2CCCC2)cc1)c1ccccc1. The Labute approximate surface area is 144 Å². The highest BCUT2D eigenvalue weighted by Gasteiger charge is 2.15. The van der Waals surface area contributed by atoms with Crippen LogP contribution in [0.5, 0.6) is 0 Å². The number of nitrogens with one attached hydrogen (secondary N) is 1. The summed E-state index contributed by atoms with van der Waals surface area (Å²) < 4.78 is 0. The highest BCUT2D eigenvalue weighted by Crippen LogP contribution is 2.17. The lowest BCUT2D eigenvalue weighted by Crippen LogP contribution is -2.28. The lowest BCUT2D eigenvalue weighted by molar-refractivity contribution is 0.0935. The Bertz CT molecular complexity index is 645. The van der Waals surface area contributed by atoms with E-state index in [9.17, 15) is 4.79 Å². The molecule has 1 heterocycles. The third kappa shape index (κ3) is 4.24. The van der Waals surface area contributed by atoms with Gasteiger partial charge >= 0.3 is 0 Å². The van der Waals surface area contributed by atoms with Gasteiger partial charge in [0.1, 0.15) is 0 Å². The fraction of sp³-hybridized carbons (Fsp3) is 0.381. The summed E-state index contributed by atoms with van der Waals surface area (Å²) in [7, 11) is 0. The first-order valence-corrected chi connectivity index (χ1v) is 8.93. The molecule has 0 aliphatic carbocycles. The maximum absolute atomic E-state index is 12.5. The molecule has 3 heteroatoms. The van der Waals surface area contributed by atoms with Crippen LogP contribution in [0, 0.1) is 0 Å². The van der Waals surface area contributed by atoms with Gasteiger partial charge in [-0.2, -0.15) is 0 Å². The number of likely N-dealkylation sites (tertiary alicyclic amines) is 1. The molecule has 1 saturated heterocycles. The van der Waals surface area contributed by atoms with Crippen molar-refractivity contribution in [3.63, 3.8) is 0 Å². The number of amides is 1. The number of hydrogen-bond acceptors (Lipinski definition) is 2. The lowest BCUT2D eigenvalue weighted by Gasteiger charge is -2.18. The van der Waals surface area contributed by atoms with Gasteiger partial charge in [-0.15, -0.1) is 0 Å². The van der Waals surface area contributed by atoms with Crippen molar-refractivity contribution in [3.8, 4) is 0 Å². The Balaban J connectivity index is 1.61. The molecular formula is C21H26N2O. The zero-order valence-electron chi connectivity index (χ0n) is 14.4. The molecule has 0 radical (unpaired) electrons. The predicted octanol–water partition coefficient (Wildman–Crippen LogP) is 4.16. The number of benzene rings is 2. The highest BCUT2D eigenvalue weighted by atomic mass is 16.1. The van der Waals surface area contributed by atoms with E-state index in [0.29, 0.717) is 0 Å². The zero-order chi connectivity index (χ0) is 16.8. The fourth-order valence-corrected chi connectivity index (χ4v) is 3.31. The third-order valence-corrected chi connectivity index (χ3v) is 4.74. The molecule has 1 fully saturated rings. The average molecular weight is 322 g/mol. The van der Waals surface area contributed by atoms with E-state index in [1.807, 2.05) is 30.3 Å². The fourth-order valence-electron chi connectivity index (χ4n) is 3.31. The highest BCUT2D eigenvalue weighted by molar-refractivity contribution is 5.94. The Morgan fingerprint density at radius 3 is 2.33 bits per heavy atom. The van der Waals surface area contributed by atoms with E-state index < -0.39 is 0 Å². The van der Waals surface area contributed by atoms with Crippen LogP contribution in [0.3, 0.4) is 0 Å². The summed E-state index contributed by atoms with van der Waals surface area (Å²) in [5, 5.41) is 3.14. The molecule has 0 spiro atoms. The number of nitrogens with zero attached hydrogens (tertiary/aromatic N) is 1. The number of rotatable bonds is 6. The van der Waals surface area contributed by atoms with Gasteiger partial charge in [0.2, 0.25) is 0 Å². The van der Waals surface area contributed by atoms with Crippen molar-refractivity contribution in [2.75, 3.05) is 13.1 Å². The van der Waals surface area contributed by atoms with Crippen molar-refractivity contribution in [1.29, 1.82) is 0 Å². The van der Waals surface area contributed by atoms with Crippen molar-refractivity contribution in [3.05, 3.63) is 71.3 Å². The van der Waals surface area contributed by atoms with Crippen LogP contribution in [-0.4, -0.2) is 23.9 Å². The molecule has 0 bridgehead atoms. The summed E-state index contributed by atoms with van der Waals surface area (Å²) in [6.07, 6.45) is 3.49. The summed E-state index contributed by atoms with van der Waals surface area (Å²) in [5.41, 5.74) is 3.16. The van der Waals surface area contributed by atoms with Crippen molar-refractivity contribution >= 4 is 5.91 Å². The third-order valence-electron chi connectivity index (χ3n) is 4.74. The van der Waals surface area contributed by atoms with Crippen LogP contribution in [0.2, 0.25) is 0 Å². The maximum Gasteiger partial charge on any atom is 0.251 e. The molecule has 1 aliphatic heterocycles. The normalized spacial score (nSPS) is 16.0. The summed E-state index contributed by atoms with van der Waals surface area (Å²) in [4.78, 5) is 15.0. The summed E-state index contributed by atoms with van der Waals surface area (Å²) >= 11 is 0. The van der Waals surface area contributed by atoms with Gasteiger partial charge in [0.25, 0.3) is 5.91 Å². The Morgan fingerprint density at radius 2 is 1.71 bits per heavy atom. The molecule has 1 aliphatic rings. The van der Waals surface area contributed by atoms with Crippen LogP contribution in [0.4, 0.5) is 0 Å². The Hall–Kier alpha value is -2.13. The van der Waals surface area contributed by atoms with Gasteiger partial charge in [0.05, 0.1) is 6.04 Å². The monoisotopic (exact) mass is 322 g/mol. The van der Waals surface area contributed by atoms with Gasteiger partial charge in [0.15, 0.2) is 0 Å². The average Bonchev–Trinajstić information content (AvgIpc) is 3.14. The largest absolute Gasteiger partial charge is 0.345 e. The zero-order valence-corrected chi connectivity index (χ0v) is 14.4. The van der Waals surface area contributed by atoms with E-state index in [1.165, 1.54) is 31.5 Å². The van der Waals surface area contributed by atoms with E-state index >= 15 is 0 Å². The molecule has 3 nitrogen and oxygen atoms in total. The molecule has 126 valence electrons. The van der Waals surface area contributed by atoms with Crippen molar-refractivity contribution in [2.45, 2.75) is 38.8 Å². The minimum absolute atomic E-state index is 0.00146.